The van der Waals surface area contributed by atoms with Crippen LogP contribution in [-0.2, 0) is 18.6 Å². The zero-order valence-corrected chi connectivity index (χ0v) is 20.4. The second-order valence-electron chi connectivity index (χ2n) is 9.51. The Morgan fingerprint density at radius 3 is 2.53 bits per heavy atom. The van der Waals surface area contributed by atoms with Crippen molar-refractivity contribution >= 4 is 10.9 Å². The molecule has 0 spiro atoms. The molecule has 4 aromatic rings. The molecular weight excluding hydrogens is 428 g/mol. The molecule has 0 fully saturated rings. The minimum absolute atomic E-state index is 0.0742. The zero-order chi connectivity index (χ0) is 24.3. The van der Waals surface area contributed by atoms with E-state index >= 15 is 0 Å². The summed E-state index contributed by atoms with van der Waals surface area (Å²) in [5.74, 6) is 1.55. The monoisotopic (exact) mass is 460 g/mol. The van der Waals surface area contributed by atoms with E-state index in [0.29, 0.717) is 18.7 Å². The van der Waals surface area contributed by atoms with Gasteiger partial charge in [-0.3, -0.25) is 9.69 Å². The lowest BCUT2D eigenvalue weighted by Crippen LogP contribution is -2.35. The van der Waals surface area contributed by atoms with Crippen molar-refractivity contribution in [1.29, 1.82) is 0 Å². The Kier molecular flexibility index (Phi) is 6.79. The summed E-state index contributed by atoms with van der Waals surface area (Å²) in [6.45, 7) is 9.49. The minimum atomic E-state index is -0.262. The van der Waals surface area contributed by atoms with Gasteiger partial charge in [0.25, 0.3) is 5.56 Å². The lowest BCUT2D eigenvalue weighted by molar-refractivity contribution is 0.153. The van der Waals surface area contributed by atoms with Crippen molar-refractivity contribution in [2.75, 3.05) is 7.11 Å². The average Bonchev–Trinajstić information content (AvgIpc) is 3.31. The summed E-state index contributed by atoms with van der Waals surface area (Å²) in [4.78, 5) is 18.3. The number of nitrogens with zero attached hydrogens (tertiary/aromatic N) is 5. The summed E-state index contributed by atoms with van der Waals surface area (Å²) in [6.07, 6.45) is 0.794. The van der Waals surface area contributed by atoms with Crippen LogP contribution in [0, 0.1) is 0 Å². The number of fused-ring (bicyclic) bond motifs is 1. The summed E-state index contributed by atoms with van der Waals surface area (Å²) in [5.41, 5.74) is 2.27. The SMILES string of the molecule is CCC(c1nnnn1C(C)(C)C)N(Cc1ccccc1)Cc1cc2cc(OC)ccc2[nH]c1=O. The van der Waals surface area contributed by atoms with Crippen LogP contribution >= 0.6 is 0 Å². The van der Waals surface area contributed by atoms with Gasteiger partial charge in [-0.25, -0.2) is 4.68 Å². The largest absolute Gasteiger partial charge is 0.497 e. The van der Waals surface area contributed by atoms with E-state index in [2.05, 4.69) is 65.2 Å². The molecule has 0 saturated heterocycles. The normalized spacial score (nSPS) is 12.9. The molecule has 0 radical (unpaired) electrons. The van der Waals surface area contributed by atoms with Crippen molar-refractivity contribution in [2.24, 2.45) is 0 Å². The summed E-state index contributed by atoms with van der Waals surface area (Å²) >= 11 is 0. The van der Waals surface area contributed by atoms with E-state index < -0.39 is 0 Å². The van der Waals surface area contributed by atoms with Crippen LogP contribution in [0.15, 0.2) is 59.4 Å². The van der Waals surface area contributed by atoms with Crippen molar-refractivity contribution < 1.29 is 4.74 Å². The number of rotatable bonds is 8. The number of hydrogen-bond donors (Lipinski definition) is 1. The van der Waals surface area contributed by atoms with Gasteiger partial charge >= 0.3 is 0 Å². The van der Waals surface area contributed by atoms with Crippen LogP contribution in [0.1, 0.15) is 57.1 Å². The van der Waals surface area contributed by atoms with Gasteiger partial charge < -0.3 is 9.72 Å². The average molecular weight is 461 g/mol. The van der Waals surface area contributed by atoms with Crippen molar-refractivity contribution in [2.45, 2.75) is 58.8 Å². The Balaban J connectivity index is 1.77. The van der Waals surface area contributed by atoms with Crippen molar-refractivity contribution in [3.05, 3.63) is 81.9 Å². The number of pyridine rings is 1. The van der Waals surface area contributed by atoms with Gasteiger partial charge in [-0.2, -0.15) is 0 Å². The number of benzene rings is 2. The maximum Gasteiger partial charge on any atom is 0.252 e. The Bertz CT molecular complexity index is 1310. The van der Waals surface area contributed by atoms with Gasteiger partial charge in [0.2, 0.25) is 0 Å². The van der Waals surface area contributed by atoms with Gasteiger partial charge in [0.15, 0.2) is 5.82 Å². The van der Waals surface area contributed by atoms with Crippen LogP contribution < -0.4 is 10.3 Å². The number of aromatic amines is 1. The number of ether oxygens (including phenoxy) is 1. The minimum Gasteiger partial charge on any atom is -0.497 e. The highest BCUT2D eigenvalue weighted by Crippen LogP contribution is 2.29. The first-order valence-electron chi connectivity index (χ1n) is 11.6. The third-order valence-corrected chi connectivity index (χ3v) is 5.98. The number of methoxy groups -OCH3 is 1. The molecule has 0 aliphatic heterocycles. The lowest BCUT2D eigenvalue weighted by atomic mass is 10.0. The molecular formula is C26H32N6O2. The molecule has 4 rings (SSSR count). The predicted octanol–water partition coefficient (Wildman–Crippen LogP) is 4.43. The van der Waals surface area contributed by atoms with Crippen LogP contribution in [-0.4, -0.2) is 37.2 Å². The standard InChI is InChI=1S/C26H32N6O2/c1-6-23(24-28-29-30-32(24)26(2,3)4)31(16-18-10-8-7-9-11-18)17-20-14-19-15-21(34-5)12-13-22(19)27-25(20)33/h7-15,23H,6,16-17H2,1-5H3,(H,27,33). The van der Waals surface area contributed by atoms with E-state index in [9.17, 15) is 4.79 Å². The van der Waals surface area contributed by atoms with Gasteiger partial charge in [0.05, 0.1) is 18.7 Å². The third-order valence-electron chi connectivity index (χ3n) is 5.98. The summed E-state index contributed by atoms with van der Waals surface area (Å²) in [7, 11) is 1.64. The molecule has 0 aliphatic carbocycles. The number of H-pyrrole nitrogens is 1. The molecule has 0 amide bonds. The van der Waals surface area contributed by atoms with Crippen LogP contribution in [0.2, 0.25) is 0 Å². The fraction of sp³-hybridized carbons (Fsp3) is 0.385. The molecule has 1 atom stereocenters. The molecule has 178 valence electrons. The Morgan fingerprint density at radius 2 is 1.85 bits per heavy atom. The van der Waals surface area contributed by atoms with Gasteiger partial charge in [-0.05, 0) is 67.4 Å². The molecule has 8 nitrogen and oxygen atoms in total. The lowest BCUT2D eigenvalue weighted by Gasteiger charge is -2.32. The predicted molar refractivity (Wildman–Crippen MR) is 133 cm³/mol. The van der Waals surface area contributed by atoms with E-state index in [1.165, 1.54) is 0 Å². The topological polar surface area (TPSA) is 88.9 Å². The Labute approximate surface area is 199 Å². The van der Waals surface area contributed by atoms with Gasteiger partial charge in [0, 0.05) is 29.6 Å². The Morgan fingerprint density at radius 1 is 1.09 bits per heavy atom. The maximum atomic E-state index is 13.0. The molecule has 1 N–H and O–H groups in total. The van der Waals surface area contributed by atoms with Crippen LogP contribution in [0.3, 0.4) is 0 Å². The molecule has 8 heteroatoms. The molecule has 0 bridgehead atoms. The second kappa shape index (κ2) is 9.77. The fourth-order valence-corrected chi connectivity index (χ4v) is 4.27. The van der Waals surface area contributed by atoms with Crippen molar-refractivity contribution in [3.8, 4) is 5.75 Å². The van der Waals surface area contributed by atoms with E-state index in [4.69, 9.17) is 4.74 Å². The molecule has 2 aromatic carbocycles. The summed E-state index contributed by atoms with van der Waals surface area (Å²) in [6, 6.07) is 17.8. The van der Waals surface area contributed by atoms with E-state index in [1.807, 2.05) is 47.1 Å². The van der Waals surface area contributed by atoms with Crippen LogP contribution in [0.4, 0.5) is 0 Å². The number of aromatic nitrogens is 5. The molecule has 1 unspecified atom stereocenters. The van der Waals surface area contributed by atoms with Gasteiger partial charge in [0.1, 0.15) is 5.75 Å². The number of hydrogen-bond acceptors (Lipinski definition) is 6. The number of tetrazole rings is 1. The first-order valence-corrected chi connectivity index (χ1v) is 11.6. The quantitative estimate of drug-likeness (QED) is 0.418. The first kappa shape index (κ1) is 23.6. The first-order chi connectivity index (χ1) is 16.3. The van der Waals surface area contributed by atoms with Crippen LogP contribution in [0.5, 0.6) is 5.75 Å². The highest BCUT2D eigenvalue weighted by molar-refractivity contribution is 5.80. The van der Waals surface area contributed by atoms with E-state index in [1.54, 1.807) is 7.11 Å². The zero-order valence-electron chi connectivity index (χ0n) is 20.4. The third kappa shape index (κ3) is 5.02. The van der Waals surface area contributed by atoms with Gasteiger partial charge in [-0.15, -0.1) is 5.10 Å². The molecule has 0 saturated carbocycles. The Hall–Kier alpha value is -3.52. The molecule has 2 heterocycles. The van der Waals surface area contributed by atoms with E-state index in [0.717, 1.165) is 34.5 Å². The highest BCUT2D eigenvalue weighted by Gasteiger charge is 2.29. The molecule has 0 aliphatic rings. The second-order valence-corrected chi connectivity index (χ2v) is 9.51. The van der Waals surface area contributed by atoms with Gasteiger partial charge in [-0.1, -0.05) is 37.3 Å². The van der Waals surface area contributed by atoms with E-state index in [-0.39, 0.29) is 17.1 Å². The fourth-order valence-electron chi connectivity index (χ4n) is 4.27. The van der Waals surface area contributed by atoms with Crippen molar-refractivity contribution in [1.82, 2.24) is 30.1 Å². The summed E-state index contributed by atoms with van der Waals surface area (Å²) in [5, 5.41) is 13.6. The smallest absolute Gasteiger partial charge is 0.252 e. The summed E-state index contributed by atoms with van der Waals surface area (Å²) < 4.78 is 7.26. The molecule has 34 heavy (non-hydrogen) atoms. The molecule has 2 aromatic heterocycles. The maximum absolute atomic E-state index is 13.0. The van der Waals surface area contributed by atoms with Crippen LogP contribution in [0.25, 0.3) is 10.9 Å². The van der Waals surface area contributed by atoms with Crippen molar-refractivity contribution in [3.63, 3.8) is 0 Å². The number of nitrogens with one attached hydrogen (secondary N) is 1. The highest BCUT2D eigenvalue weighted by atomic mass is 16.5.